The molecule has 5 heteroatoms. The summed E-state index contributed by atoms with van der Waals surface area (Å²) in [7, 11) is 0. The van der Waals surface area contributed by atoms with E-state index in [-0.39, 0.29) is 12.1 Å². The minimum absolute atomic E-state index is 0.0887. The van der Waals surface area contributed by atoms with Crippen molar-refractivity contribution in [3.05, 3.63) is 53.6 Å². The second kappa shape index (κ2) is 5.71. The second-order valence-corrected chi connectivity index (χ2v) is 7.69. The number of aliphatic imine (C=N–C) groups is 1. The van der Waals surface area contributed by atoms with E-state index in [2.05, 4.69) is 59.5 Å². The van der Waals surface area contributed by atoms with Crippen LogP contribution in [0.15, 0.2) is 41.5 Å². The molecule has 0 unspecified atom stereocenters. The summed E-state index contributed by atoms with van der Waals surface area (Å²) in [6.45, 7) is 8.73. The van der Waals surface area contributed by atoms with Gasteiger partial charge in [-0.1, -0.05) is 24.8 Å². The molecule has 0 radical (unpaired) electrons. The van der Waals surface area contributed by atoms with E-state index in [1.165, 1.54) is 16.6 Å². The molecule has 4 heterocycles. The van der Waals surface area contributed by atoms with Crippen molar-refractivity contribution >= 4 is 16.9 Å². The van der Waals surface area contributed by atoms with Gasteiger partial charge in [-0.2, -0.15) is 0 Å². The highest BCUT2D eigenvalue weighted by Crippen LogP contribution is 2.47. The molecule has 120 valence electrons. The molecule has 2 aromatic rings. The van der Waals surface area contributed by atoms with Crippen LogP contribution in [0.25, 0.3) is 0 Å². The number of pyridine rings is 1. The van der Waals surface area contributed by atoms with E-state index in [9.17, 15) is 0 Å². The number of hydrogen-bond acceptors (Lipinski definition) is 4. The summed E-state index contributed by atoms with van der Waals surface area (Å²) in [5, 5.41) is 1.78. The largest absolute Gasteiger partial charge is 0.347 e. The Kier molecular flexibility index (Phi) is 3.68. The zero-order valence-electron chi connectivity index (χ0n) is 13.8. The first-order valence-corrected chi connectivity index (χ1v) is 9.15. The molecular formula is C18H22N4S. The summed E-state index contributed by atoms with van der Waals surface area (Å²) in [6, 6.07) is 11.0. The van der Waals surface area contributed by atoms with Gasteiger partial charge in [0.25, 0.3) is 0 Å². The van der Waals surface area contributed by atoms with Crippen molar-refractivity contribution in [3.63, 3.8) is 0 Å². The Morgan fingerprint density at radius 1 is 1.26 bits per heavy atom. The highest BCUT2D eigenvalue weighted by atomic mass is 32.2. The van der Waals surface area contributed by atoms with Gasteiger partial charge in [0.2, 0.25) is 0 Å². The van der Waals surface area contributed by atoms with Crippen LogP contribution in [0.5, 0.6) is 0 Å². The highest BCUT2D eigenvalue weighted by Gasteiger charge is 2.44. The molecule has 0 amide bonds. The van der Waals surface area contributed by atoms with Gasteiger partial charge in [0.05, 0.1) is 11.7 Å². The number of aromatic nitrogens is 2. The van der Waals surface area contributed by atoms with Crippen LogP contribution in [-0.2, 0) is 6.54 Å². The number of amidine groups is 1. The van der Waals surface area contributed by atoms with Gasteiger partial charge in [-0.25, -0.2) is 0 Å². The molecule has 0 aromatic carbocycles. The van der Waals surface area contributed by atoms with E-state index in [4.69, 9.17) is 4.99 Å². The van der Waals surface area contributed by atoms with Crippen LogP contribution >= 0.6 is 11.8 Å². The first-order valence-electron chi connectivity index (χ1n) is 8.27. The zero-order chi connectivity index (χ0) is 16.0. The second-order valence-electron chi connectivity index (χ2n) is 6.28. The van der Waals surface area contributed by atoms with Crippen molar-refractivity contribution in [2.45, 2.75) is 44.6 Å². The van der Waals surface area contributed by atoms with E-state index in [0.717, 1.165) is 18.8 Å². The molecule has 3 atom stereocenters. The summed E-state index contributed by atoms with van der Waals surface area (Å²) in [5.74, 6) is 0. The molecule has 4 nitrogen and oxygen atoms in total. The summed E-state index contributed by atoms with van der Waals surface area (Å²) in [4.78, 5) is 12.1. The molecule has 4 rings (SSSR count). The molecule has 0 aliphatic carbocycles. The third-order valence-electron chi connectivity index (χ3n) is 4.73. The average molecular weight is 326 g/mol. The lowest BCUT2D eigenvalue weighted by atomic mass is 10.0. The topological polar surface area (TPSA) is 33.4 Å². The van der Waals surface area contributed by atoms with Crippen LogP contribution in [0.1, 0.15) is 43.0 Å². The predicted octanol–water partition coefficient (Wildman–Crippen LogP) is 3.80. The fourth-order valence-corrected chi connectivity index (χ4v) is 4.81. The number of rotatable bonds is 3. The maximum Gasteiger partial charge on any atom is 0.160 e. The van der Waals surface area contributed by atoms with Crippen molar-refractivity contribution in [1.82, 2.24) is 14.5 Å². The molecular weight excluding hydrogens is 304 g/mol. The van der Waals surface area contributed by atoms with Crippen LogP contribution in [0, 0.1) is 6.92 Å². The summed E-state index contributed by atoms with van der Waals surface area (Å²) in [5.41, 5.74) is 3.74. The number of fused-ring (bicyclic) bond motifs is 1. The highest BCUT2D eigenvalue weighted by molar-refractivity contribution is 8.14. The quantitative estimate of drug-likeness (QED) is 0.860. The van der Waals surface area contributed by atoms with Crippen molar-refractivity contribution in [2.24, 2.45) is 4.99 Å². The molecule has 23 heavy (non-hydrogen) atoms. The molecule has 1 fully saturated rings. The van der Waals surface area contributed by atoms with Crippen molar-refractivity contribution in [3.8, 4) is 0 Å². The first kappa shape index (κ1) is 14.8. The maximum absolute atomic E-state index is 5.04. The van der Waals surface area contributed by atoms with Gasteiger partial charge in [-0.15, -0.1) is 0 Å². The Balaban J connectivity index is 1.81. The summed E-state index contributed by atoms with van der Waals surface area (Å²) >= 11 is 1.89. The lowest BCUT2D eigenvalue weighted by Crippen LogP contribution is -2.30. The van der Waals surface area contributed by atoms with Crippen LogP contribution in [-0.4, -0.2) is 31.4 Å². The van der Waals surface area contributed by atoms with Gasteiger partial charge in [0.15, 0.2) is 5.17 Å². The minimum Gasteiger partial charge on any atom is -0.347 e. The van der Waals surface area contributed by atoms with Gasteiger partial charge in [-0.3, -0.25) is 9.98 Å². The third kappa shape index (κ3) is 2.38. The minimum atomic E-state index is 0.0887. The van der Waals surface area contributed by atoms with E-state index in [0.29, 0.717) is 5.25 Å². The fourth-order valence-electron chi connectivity index (χ4n) is 3.72. The molecule has 0 spiro atoms. The van der Waals surface area contributed by atoms with Crippen LogP contribution in [0.3, 0.4) is 0 Å². The monoisotopic (exact) mass is 326 g/mol. The van der Waals surface area contributed by atoms with Crippen LogP contribution < -0.4 is 0 Å². The maximum atomic E-state index is 5.04. The average Bonchev–Trinajstić information content (AvgIpc) is 3.19. The normalized spacial score (nSPS) is 26.5. The SMILES string of the molecule is CCn1c(C)ccc1[C@@H]1[C@@H](c2ccccn2)N=C2S[C@H](C)CN21. The first-order chi connectivity index (χ1) is 11.2. The number of hydrogen-bond donors (Lipinski definition) is 0. The Hall–Kier alpha value is -1.75. The Morgan fingerprint density at radius 3 is 2.87 bits per heavy atom. The molecule has 2 aliphatic rings. The molecule has 0 bridgehead atoms. The number of thioether (sulfide) groups is 1. The van der Waals surface area contributed by atoms with Gasteiger partial charge >= 0.3 is 0 Å². The number of nitrogens with zero attached hydrogens (tertiary/aromatic N) is 4. The lowest BCUT2D eigenvalue weighted by Gasteiger charge is -2.28. The summed E-state index contributed by atoms with van der Waals surface area (Å²) in [6.07, 6.45) is 1.87. The van der Waals surface area contributed by atoms with Crippen LogP contribution in [0.2, 0.25) is 0 Å². The predicted molar refractivity (Wildman–Crippen MR) is 95.8 cm³/mol. The van der Waals surface area contributed by atoms with Crippen molar-refractivity contribution in [2.75, 3.05) is 6.54 Å². The van der Waals surface area contributed by atoms with Crippen molar-refractivity contribution < 1.29 is 0 Å². The van der Waals surface area contributed by atoms with E-state index >= 15 is 0 Å². The standard InChI is InChI=1S/C18H22N4S/c1-4-21-12(2)8-9-15(21)17-16(14-7-5-6-10-19-14)20-18-22(17)11-13(3)23-18/h5-10,13,16-17H,4,11H2,1-3H3/t13-,16-,17-/m1/s1. The molecule has 2 aliphatic heterocycles. The van der Waals surface area contributed by atoms with E-state index < -0.39 is 0 Å². The lowest BCUT2D eigenvalue weighted by molar-refractivity contribution is 0.306. The third-order valence-corrected chi connectivity index (χ3v) is 5.84. The molecule has 1 saturated heterocycles. The van der Waals surface area contributed by atoms with E-state index in [1.54, 1.807) is 0 Å². The van der Waals surface area contributed by atoms with Crippen molar-refractivity contribution in [1.29, 1.82) is 0 Å². The van der Waals surface area contributed by atoms with Gasteiger partial charge < -0.3 is 9.47 Å². The Bertz CT molecular complexity index is 737. The smallest absolute Gasteiger partial charge is 0.160 e. The van der Waals surface area contributed by atoms with Gasteiger partial charge in [-0.05, 0) is 38.1 Å². The van der Waals surface area contributed by atoms with Crippen LogP contribution in [0.4, 0.5) is 0 Å². The zero-order valence-corrected chi connectivity index (χ0v) is 14.6. The van der Waals surface area contributed by atoms with Gasteiger partial charge in [0.1, 0.15) is 6.04 Å². The van der Waals surface area contributed by atoms with Gasteiger partial charge in [0, 0.05) is 35.9 Å². The number of aryl methyl sites for hydroxylation is 1. The molecule has 0 N–H and O–H groups in total. The molecule has 2 aromatic heterocycles. The fraction of sp³-hybridized carbons (Fsp3) is 0.444. The Morgan fingerprint density at radius 2 is 2.13 bits per heavy atom. The Labute approximate surface area is 141 Å². The molecule has 0 saturated carbocycles. The van der Waals surface area contributed by atoms with E-state index in [1.807, 2.05) is 24.0 Å². The summed E-state index contributed by atoms with van der Waals surface area (Å²) < 4.78 is 2.41.